The Morgan fingerprint density at radius 1 is 1.37 bits per heavy atom. The first-order chi connectivity index (χ1) is 9.20. The van der Waals surface area contributed by atoms with Crippen molar-refractivity contribution in [3.8, 4) is 0 Å². The number of carbonyl (C=O) groups excluding carboxylic acids is 1. The summed E-state index contributed by atoms with van der Waals surface area (Å²) in [6.07, 6.45) is 3.53. The van der Waals surface area contributed by atoms with Crippen molar-refractivity contribution < 1.29 is 9.90 Å². The third kappa shape index (κ3) is 3.78. The minimum atomic E-state index is -0.526. The lowest BCUT2D eigenvalue weighted by Crippen LogP contribution is -2.48. The average molecular weight is 262 g/mol. The molecule has 0 saturated heterocycles. The standard InChI is InChI=1S/C15H22N2O2/c16-13(9-11-5-2-1-3-6-11)15(19)17-14-8-4-7-12(14)10-18/h1-3,5-6,12-14,18H,4,7-10,16H2,(H,17,19)/t12?,13-,14?/m0/s1. The number of carbonyl (C=O) groups is 1. The number of nitrogens with one attached hydrogen (secondary N) is 1. The van der Waals surface area contributed by atoms with E-state index in [-0.39, 0.29) is 24.5 Å². The predicted molar refractivity (Wildman–Crippen MR) is 74.5 cm³/mol. The van der Waals surface area contributed by atoms with Crippen molar-refractivity contribution in [2.75, 3.05) is 6.61 Å². The van der Waals surface area contributed by atoms with Crippen LogP contribution in [0.3, 0.4) is 0 Å². The van der Waals surface area contributed by atoms with E-state index >= 15 is 0 Å². The van der Waals surface area contributed by atoms with Crippen molar-refractivity contribution in [2.24, 2.45) is 11.7 Å². The summed E-state index contributed by atoms with van der Waals surface area (Å²) in [5.74, 6) is 0.0714. The summed E-state index contributed by atoms with van der Waals surface area (Å²) in [7, 11) is 0. The van der Waals surface area contributed by atoms with Crippen LogP contribution in [0.15, 0.2) is 30.3 Å². The molecular formula is C15H22N2O2. The molecule has 1 aromatic rings. The number of hydrogen-bond acceptors (Lipinski definition) is 3. The van der Waals surface area contributed by atoms with Crippen LogP contribution in [0.25, 0.3) is 0 Å². The Labute approximate surface area is 114 Å². The van der Waals surface area contributed by atoms with Gasteiger partial charge in [0.25, 0.3) is 0 Å². The summed E-state index contributed by atoms with van der Waals surface area (Å²) in [6.45, 7) is 0.138. The Balaban J connectivity index is 1.85. The zero-order chi connectivity index (χ0) is 13.7. The Morgan fingerprint density at radius 3 is 2.79 bits per heavy atom. The highest BCUT2D eigenvalue weighted by Crippen LogP contribution is 2.25. The Bertz CT molecular complexity index is 408. The van der Waals surface area contributed by atoms with Gasteiger partial charge in [-0.1, -0.05) is 36.8 Å². The van der Waals surface area contributed by atoms with Crippen LogP contribution >= 0.6 is 0 Å². The largest absolute Gasteiger partial charge is 0.396 e. The topological polar surface area (TPSA) is 75.4 Å². The SMILES string of the molecule is N[C@@H](Cc1ccccc1)C(=O)NC1CCCC1CO. The van der Waals surface area contributed by atoms with Crippen LogP contribution in [0.5, 0.6) is 0 Å². The Morgan fingerprint density at radius 2 is 2.11 bits per heavy atom. The maximum absolute atomic E-state index is 12.0. The molecule has 3 atom stereocenters. The highest BCUT2D eigenvalue weighted by atomic mass is 16.3. The zero-order valence-corrected chi connectivity index (χ0v) is 11.1. The van der Waals surface area contributed by atoms with Gasteiger partial charge in [0.05, 0.1) is 6.04 Å². The van der Waals surface area contributed by atoms with Crippen molar-refractivity contribution in [1.29, 1.82) is 0 Å². The normalized spacial score (nSPS) is 24.1. The van der Waals surface area contributed by atoms with E-state index in [0.717, 1.165) is 24.8 Å². The second-order valence-electron chi connectivity index (χ2n) is 5.28. The van der Waals surface area contributed by atoms with E-state index in [2.05, 4.69) is 5.32 Å². The number of rotatable bonds is 5. The van der Waals surface area contributed by atoms with Crippen LogP contribution < -0.4 is 11.1 Å². The Kier molecular flexibility index (Phi) is 4.93. The van der Waals surface area contributed by atoms with E-state index in [4.69, 9.17) is 5.73 Å². The molecule has 0 aromatic heterocycles. The van der Waals surface area contributed by atoms with Gasteiger partial charge in [0.2, 0.25) is 5.91 Å². The Hall–Kier alpha value is -1.39. The number of amides is 1. The van der Waals surface area contributed by atoms with Crippen LogP contribution in [-0.2, 0) is 11.2 Å². The van der Waals surface area contributed by atoms with E-state index in [1.165, 1.54) is 0 Å². The molecule has 1 fully saturated rings. The minimum Gasteiger partial charge on any atom is -0.396 e. The molecule has 1 aromatic carbocycles. The molecule has 1 amide bonds. The van der Waals surface area contributed by atoms with Crippen LogP contribution in [0.1, 0.15) is 24.8 Å². The van der Waals surface area contributed by atoms with Crippen molar-refractivity contribution in [3.05, 3.63) is 35.9 Å². The minimum absolute atomic E-state index is 0.0827. The first-order valence-electron chi connectivity index (χ1n) is 6.91. The molecule has 19 heavy (non-hydrogen) atoms. The van der Waals surface area contributed by atoms with Gasteiger partial charge in [-0.25, -0.2) is 0 Å². The van der Waals surface area contributed by atoms with Crippen molar-refractivity contribution in [1.82, 2.24) is 5.32 Å². The van der Waals surface area contributed by atoms with E-state index in [1.807, 2.05) is 30.3 Å². The molecule has 1 aliphatic rings. The third-order valence-corrected chi connectivity index (χ3v) is 3.86. The van der Waals surface area contributed by atoms with Gasteiger partial charge in [-0.15, -0.1) is 0 Å². The lowest BCUT2D eigenvalue weighted by molar-refractivity contribution is -0.123. The molecule has 0 heterocycles. The van der Waals surface area contributed by atoms with E-state index in [1.54, 1.807) is 0 Å². The fraction of sp³-hybridized carbons (Fsp3) is 0.533. The number of hydrogen-bond donors (Lipinski definition) is 3. The predicted octanol–water partition coefficient (Wildman–Crippen LogP) is 0.834. The van der Waals surface area contributed by atoms with Crippen LogP contribution in [-0.4, -0.2) is 29.7 Å². The van der Waals surface area contributed by atoms with Gasteiger partial charge < -0.3 is 16.2 Å². The number of aliphatic hydroxyl groups excluding tert-OH is 1. The van der Waals surface area contributed by atoms with Crippen LogP contribution in [0, 0.1) is 5.92 Å². The molecule has 4 nitrogen and oxygen atoms in total. The summed E-state index contributed by atoms with van der Waals surface area (Å²) in [6, 6.07) is 9.33. The van der Waals surface area contributed by atoms with Gasteiger partial charge in [0.15, 0.2) is 0 Å². The maximum Gasteiger partial charge on any atom is 0.237 e. The number of benzene rings is 1. The van der Waals surface area contributed by atoms with Gasteiger partial charge in [0, 0.05) is 18.6 Å². The highest BCUT2D eigenvalue weighted by molar-refractivity contribution is 5.82. The first-order valence-corrected chi connectivity index (χ1v) is 6.91. The number of aliphatic hydroxyl groups is 1. The molecule has 0 aliphatic heterocycles. The molecule has 4 heteroatoms. The third-order valence-electron chi connectivity index (χ3n) is 3.86. The molecule has 0 spiro atoms. The monoisotopic (exact) mass is 262 g/mol. The smallest absolute Gasteiger partial charge is 0.237 e. The van der Waals surface area contributed by atoms with E-state index < -0.39 is 6.04 Å². The zero-order valence-electron chi connectivity index (χ0n) is 11.1. The van der Waals surface area contributed by atoms with Crippen molar-refractivity contribution in [3.63, 3.8) is 0 Å². The molecular weight excluding hydrogens is 240 g/mol. The molecule has 2 unspecified atom stereocenters. The van der Waals surface area contributed by atoms with Crippen LogP contribution in [0.2, 0.25) is 0 Å². The molecule has 104 valence electrons. The molecule has 1 saturated carbocycles. The summed E-state index contributed by atoms with van der Waals surface area (Å²) in [5, 5.41) is 12.2. The lowest BCUT2D eigenvalue weighted by atomic mass is 10.0. The quantitative estimate of drug-likeness (QED) is 0.736. The first kappa shape index (κ1) is 14.0. The second-order valence-corrected chi connectivity index (χ2v) is 5.28. The van der Waals surface area contributed by atoms with Crippen molar-refractivity contribution >= 4 is 5.91 Å². The van der Waals surface area contributed by atoms with Gasteiger partial charge >= 0.3 is 0 Å². The maximum atomic E-state index is 12.0. The molecule has 4 N–H and O–H groups in total. The van der Waals surface area contributed by atoms with Crippen LogP contribution in [0.4, 0.5) is 0 Å². The van der Waals surface area contributed by atoms with Gasteiger partial charge in [-0.05, 0) is 24.8 Å². The van der Waals surface area contributed by atoms with Gasteiger partial charge in [-0.2, -0.15) is 0 Å². The second kappa shape index (κ2) is 6.68. The van der Waals surface area contributed by atoms with E-state index in [0.29, 0.717) is 6.42 Å². The highest BCUT2D eigenvalue weighted by Gasteiger charge is 2.29. The molecule has 2 rings (SSSR count). The fourth-order valence-electron chi connectivity index (χ4n) is 2.70. The molecule has 0 bridgehead atoms. The fourth-order valence-corrected chi connectivity index (χ4v) is 2.70. The summed E-state index contributed by atoms with van der Waals surface area (Å²) >= 11 is 0. The summed E-state index contributed by atoms with van der Waals surface area (Å²) in [5.41, 5.74) is 7.00. The molecule has 1 aliphatic carbocycles. The lowest BCUT2D eigenvalue weighted by Gasteiger charge is -2.21. The van der Waals surface area contributed by atoms with Gasteiger partial charge in [-0.3, -0.25) is 4.79 Å². The van der Waals surface area contributed by atoms with E-state index in [9.17, 15) is 9.90 Å². The number of nitrogens with two attached hydrogens (primary N) is 1. The van der Waals surface area contributed by atoms with Gasteiger partial charge in [0.1, 0.15) is 0 Å². The van der Waals surface area contributed by atoms with Crippen molar-refractivity contribution in [2.45, 2.75) is 37.8 Å². The summed E-state index contributed by atoms with van der Waals surface area (Å²) < 4.78 is 0. The molecule has 0 radical (unpaired) electrons. The summed E-state index contributed by atoms with van der Waals surface area (Å²) in [4.78, 5) is 12.0. The average Bonchev–Trinajstić information content (AvgIpc) is 2.87.